The summed E-state index contributed by atoms with van der Waals surface area (Å²) in [4.78, 5) is 16.9. The van der Waals surface area contributed by atoms with Crippen molar-refractivity contribution in [2.24, 2.45) is 0 Å². The zero-order valence-corrected chi connectivity index (χ0v) is 14.1. The molecule has 0 radical (unpaired) electrons. The number of benzene rings is 1. The molecule has 0 bridgehead atoms. The normalized spacial score (nSPS) is 16.1. The molecular weight excluding hydrogens is 318 g/mol. The van der Waals surface area contributed by atoms with Gasteiger partial charge in [-0.3, -0.25) is 4.90 Å². The van der Waals surface area contributed by atoms with E-state index in [1.54, 1.807) is 18.5 Å². The van der Waals surface area contributed by atoms with Crippen LogP contribution in [-0.4, -0.2) is 69.4 Å². The number of aromatic hydroxyl groups is 1. The lowest BCUT2D eigenvalue weighted by molar-refractivity contribution is 0.232. The first-order chi connectivity index (χ1) is 12.3. The number of hydrogen-bond acceptors (Lipinski definition) is 6. The van der Waals surface area contributed by atoms with Gasteiger partial charge in [0.05, 0.1) is 5.39 Å². The van der Waals surface area contributed by atoms with Gasteiger partial charge >= 0.3 is 0 Å². The molecule has 0 spiro atoms. The number of anilines is 1. The van der Waals surface area contributed by atoms with E-state index in [0.29, 0.717) is 0 Å². The molecule has 0 amide bonds. The molecule has 0 unspecified atom stereocenters. The number of phenols is 1. The van der Waals surface area contributed by atoms with Gasteiger partial charge in [-0.25, -0.2) is 9.97 Å². The van der Waals surface area contributed by atoms with Gasteiger partial charge in [-0.1, -0.05) is 0 Å². The molecule has 132 valence electrons. The molecule has 2 aromatic heterocycles. The van der Waals surface area contributed by atoms with Crippen LogP contribution in [0.25, 0.3) is 21.9 Å². The lowest BCUT2D eigenvalue weighted by Crippen LogP contribution is -2.47. The number of aromatic nitrogens is 3. The molecule has 0 aliphatic carbocycles. The molecule has 1 aliphatic heterocycles. The number of H-pyrrole nitrogens is 1. The van der Waals surface area contributed by atoms with Crippen molar-refractivity contribution in [3.8, 4) is 5.75 Å². The Balaban J connectivity index is 1.60. The summed E-state index contributed by atoms with van der Waals surface area (Å²) < 4.78 is 0. The van der Waals surface area contributed by atoms with E-state index in [0.717, 1.165) is 73.3 Å². The van der Waals surface area contributed by atoms with Crippen LogP contribution in [0.1, 0.15) is 12.8 Å². The van der Waals surface area contributed by atoms with Gasteiger partial charge in [0, 0.05) is 43.7 Å². The van der Waals surface area contributed by atoms with Gasteiger partial charge in [0.15, 0.2) is 0 Å². The van der Waals surface area contributed by atoms with E-state index in [9.17, 15) is 5.11 Å². The Morgan fingerprint density at radius 1 is 1.08 bits per heavy atom. The van der Waals surface area contributed by atoms with Crippen molar-refractivity contribution >= 4 is 27.8 Å². The van der Waals surface area contributed by atoms with Crippen LogP contribution in [0.4, 0.5) is 5.82 Å². The average Bonchev–Trinajstić information content (AvgIpc) is 3.00. The molecule has 4 rings (SSSR count). The minimum Gasteiger partial charge on any atom is -0.508 e. The number of unbranched alkanes of at least 4 members (excludes halogenated alkanes) is 1. The molecule has 3 aromatic rings. The highest BCUT2D eigenvalue weighted by atomic mass is 16.3. The maximum absolute atomic E-state index is 9.85. The minimum atomic E-state index is 0.247. The second-order valence-corrected chi connectivity index (χ2v) is 6.54. The monoisotopic (exact) mass is 341 g/mol. The smallest absolute Gasteiger partial charge is 0.143 e. The predicted molar refractivity (Wildman–Crippen MR) is 98.0 cm³/mol. The number of hydrogen-bond donors (Lipinski definition) is 3. The van der Waals surface area contributed by atoms with Crippen molar-refractivity contribution < 1.29 is 10.2 Å². The van der Waals surface area contributed by atoms with Crippen LogP contribution in [0.3, 0.4) is 0 Å². The van der Waals surface area contributed by atoms with E-state index in [4.69, 9.17) is 5.11 Å². The van der Waals surface area contributed by atoms with Crippen molar-refractivity contribution in [1.82, 2.24) is 19.9 Å². The highest BCUT2D eigenvalue weighted by Gasteiger charge is 2.21. The third-order valence-electron chi connectivity index (χ3n) is 4.91. The fraction of sp³-hybridized carbons (Fsp3) is 0.444. The molecule has 3 heterocycles. The summed E-state index contributed by atoms with van der Waals surface area (Å²) in [5.41, 5.74) is 1.76. The number of phenolic OH excluding ortho intramolecular Hbond substituents is 1. The van der Waals surface area contributed by atoms with Crippen LogP contribution in [0, 0.1) is 0 Å². The van der Waals surface area contributed by atoms with Crippen LogP contribution in [0.5, 0.6) is 5.75 Å². The van der Waals surface area contributed by atoms with Crippen molar-refractivity contribution in [2.45, 2.75) is 12.8 Å². The summed E-state index contributed by atoms with van der Waals surface area (Å²) >= 11 is 0. The highest BCUT2D eigenvalue weighted by Crippen LogP contribution is 2.33. The third kappa shape index (κ3) is 3.12. The third-order valence-corrected chi connectivity index (χ3v) is 4.91. The van der Waals surface area contributed by atoms with Crippen LogP contribution in [0.2, 0.25) is 0 Å². The van der Waals surface area contributed by atoms with Gasteiger partial charge in [-0.15, -0.1) is 0 Å². The maximum Gasteiger partial charge on any atom is 0.143 e. The quantitative estimate of drug-likeness (QED) is 0.612. The van der Waals surface area contributed by atoms with Crippen molar-refractivity contribution in [3.63, 3.8) is 0 Å². The second-order valence-electron chi connectivity index (χ2n) is 6.54. The lowest BCUT2D eigenvalue weighted by atomic mass is 10.1. The lowest BCUT2D eigenvalue weighted by Gasteiger charge is -2.35. The Labute approximate surface area is 145 Å². The summed E-state index contributed by atoms with van der Waals surface area (Å²) in [5, 5.41) is 20.7. The summed E-state index contributed by atoms with van der Waals surface area (Å²) in [6, 6.07) is 5.32. The molecule has 7 heteroatoms. The van der Waals surface area contributed by atoms with Crippen LogP contribution >= 0.6 is 0 Å². The van der Waals surface area contributed by atoms with E-state index >= 15 is 0 Å². The number of aliphatic hydroxyl groups excluding tert-OH is 1. The van der Waals surface area contributed by atoms with E-state index in [1.165, 1.54) is 0 Å². The summed E-state index contributed by atoms with van der Waals surface area (Å²) in [6.07, 6.45) is 3.50. The fourth-order valence-corrected chi connectivity index (χ4v) is 3.56. The van der Waals surface area contributed by atoms with Crippen LogP contribution in [-0.2, 0) is 0 Å². The Morgan fingerprint density at radius 2 is 1.92 bits per heavy atom. The van der Waals surface area contributed by atoms with Gasteiger partial charge < -0.3 is 20.1 Å². The SMILES string of the molecule is OCCCCN1CCN(c2ncnc3[nH]c4ccc(O)cc4c23)CC1. The molecule has 25 heavy (non-hydrogen) atoms. The fourth-order valence-electron chi connectivity index (χ4n) is 3.56. The molecule has 1 saturated heterocycles. The molecule has 0 saturated carbocycles. The topological polar surface area (TPSA) is 88.5 Å². The molecule has 0 atom stereocenters. The number of nitrogens with zero attached hydrogens (tertiary/aromatic N) is 4. The Bertz CT molecular complexity index is 870. The summed E-state index contributed by atoms with van der Waals surface area (Å²) in [6.45, 7) is 5.11. The largest absolute Gasteiger partial charge is 0.508 e. The molecule has 1 aliphatic rings. The van der Waals surface area contributed by atoms with Gasteiger partial charge in [-0.05, 0) is 37.6 Å². The van der Waals surface area contributed by atoms with E-state index in [1.807, 2.05) is 6.07 Å². The molecule has 1 fully saturated rings. The Kier molecular flexibility index (Phi) is 4.42. The molecule has 3 N–H and O–H groups in total. The first kappa shape index (κ1) is 16.1. The van der Waals surface area contributed by atoms with E-state index < -0.39 is 0 Å². The van der Waals surface area contributed by atoms with Gasteiger partial charge in [-0.2, -0.15) is 0 Å². The molecule has 7 nitrogen and oxygen atoms in total. The van der Waals surface area contributed by atoms with Crippen molar-refractivity contribution in [2.75, 3.05) is 44.2 Å². The number of aromatic amines is 1. The van der Waals surface area contributed by atoms with E-state index in [2.05, 4.69) is 24.8 Å². The zero-order chi connectivity index (χ0) is 17.2. The Hall–Kier alpha value is -2.38. The molecule has 1 aromatic carbocycles. The maximum atomic E-state index is 9.85. The van der Waals surface area contributed by atoms with Gasteiger partial charge in [0.2, 0.25) is 0 Å². The number of rotatable bonds is 5. The first-order valence-corrected chi connectivity index (χ1v) is 8.80. The number of fused-ring (bicyclic) bond motifs is 3. The summed E-state index contributed by atoms with van der Waals surface area (Å²) in [5.74, 6) is 1.17. The van der Waals surface area contributed by atoms with Crippen LogP contribution in [0.15, 0.2) is 24.5 Å². The van der Waals surface area contributed by atoms with Crippen molar-refractivity contribution in [3.05, 3.63) is 24.5 Å². The van der Waals surface area contributed by atoms with Gasteiger partial charge in [0.25, 0.3) is 0 Å². The standard InChI is InChI=1S/C18H23N5O2/c24-10-2-1-5-22-6-8-23(9-7-22)18-16-14-11-13(25)3-4-15(14)21-17(16)19-12-20-18/h3-4,11-12,24-25H,1-2,5-10H2,(H,19,20,21). The number of nitrogens with one attached hydrogen (secondary N) is 1. The summed E-state index contributed by atoms with van der Waals surface area (Å²) in [7, 11) is 0. The highest BCUT2D eigenvalue weighted by molar-refractivity contribution is 6.11. The second kappa shape index (κ2) is 6.85. The number of aliphatic hydroxyl groups is 1. The predicted octanol–water partition coefficient (Wildman–Crippen LogP) is 1.71. The van der Waals surface area contributed by atoms with Crippen molar-refractivity contribution in [1.29, 1.82) is 0 Å². The first-order valence-electron chi connectivity index (χ1n) is 8.80. The van der Waals surface area contributed by atoms with Crippen LogP contribution < -0.4 is 4.90 Å². The van der Waals surface area contributed by atoms with E-state index in [-0.39, 0.29) is 12.4 Å². The zero-order valence-electron chi connectivity index (χ0n) is 14.1. The average molecular weight is 341 g/mol. The minimum absolute atomic E-state index is 0.247. The number of piperazine rings is 1. The van der Waals surface area contributed by atoms with Gasteiger partial charge in [0.1, 0.15) is 23.5 Å². The Morgan fingerprint density at radius 3 is 2.72 bits per heavy atom. The molecular formula is C18H23N5O2.